The summed E-state index contributed by atoms with van der Waals surface area (Å²) >= 11 is 6.36. The smallest absolute Gasteiger partial charge is 0.321 e. The number of anilines is 1. The van der Waals surface area contributed by atoms with E-state index in [1.54, 1.807) is 4.68 Å². The van der Waals surface area contributed by atoms with Gasteiger partial charge in [-0.15, -0.1) is 0 Å². The van der Waals surface area contributed by atoms with Gasteiger partial charge in [0.25, 0.3) is 5.91 Å². The predicted molar refractivity (Wildman–Crippen MR) is 103 cm³/mol. The van der Waals surface area contributed by atoms with Crippen LogP contribution in [-0.2, 0) is 6.18 Å². The molecule has 146 valence electrons. The normalized spacial score (nSPS) is 11.6. The minimum Gasteiger partial charge on any atom is -0.321 e. The molecular weight excluding hydrogens is 405 g/mol. The first-order valence-corrected chi connectivity index (χ1v) is 8.78. The fourth-order valence-electron chi connectivity index (χ4n) is 2.83. The largest absolute Gasteiger partial charge is 0.416 e. The number of para-hydroxylation sites is 1. The van der Waals surface area contributed by atoms with Gasteiger partial charge in [-0.1, -0.05) is 29.8 Å². The molecule has 0 aliphatic rings. The molecule has 0 aliphatic heterocycles. The monoisotopic (exact) mass is 416 g/mol. The Morgan fingerprint density at radius 2 is 1.69 bits per heavy atom. The highest BCUT2D eigenvalue weighted by atomic mass is 35.5. The molecule has 29 heavy (non-hydrogen) atoms. The van der Waals surface area contributed by atoms with E-state index in [4.69, 9.17) is 11.6 Å². The summed E-state index contributed by atoms with van der Waals surface area (Å²) in [5.74, 6) is -0.635. The van der Waals surface area contributed by atoms with Crippen LogP contribution in [0.2, 0.25) is 5.02 Å². The van der Waals surface area contributed by atoms with Crippen molar-refractivity contribution in [3.8, 4) is 5.69 Å². The van der Waals surface area contributed by atoms with Crippen LogP contribution >= 0.6 is 11.6 Å². The lowest BCUT2D eigenvalue weighted by Gasteiger charge is -2.09. The van der Waals surface area contributed by atoms with Gasteiger partial charge in [0.2, 0.25) is 0 Å². The lowest BCUT2D eigenvalue weighted by atomic mass is 10.2. The van der Waals surface area contributed by atoms with Crippen LogP contribution in [0.5, 0.6) is 0 Å². The molecule has 9 heteroatoms. The zero-order valence-corrected chi connectivity index (χ0v) is 15.4. The molecule has 4 aromatic rings. The molecule has 2 aromatic carbocycles. The fraction of sp³-hybridized carbons (Fsp3) is 0.0500. The lowest BCUT2D eigenvalue weighted by Crippen LogP contribution is -2.15. The fourth-order valence-corrected chi connectivity index (χ4v) is 3.11. The van der Waals surface area contributed by atoms with Crippen LogP contribution in [-0.4, -0.2) is 20.7 Å². The van der Waals surface area contributed by atoms with Gasteiger partial charge in [-0.2, -0.15) is 18.3 Å². The summed E-state index contributed by atoms with van der Waals surface area (Å²) in [4.78, 5) is 16.7. The number of hydrogen-bond acceptors (Lipinski definition) is 3. The number of hydrogen-bond donors (Lipinski definition) is 1. The number of pyridine rings is 1. The maximum absolute atomic E-state index is 12.7. The molecule has 0 unspecified atom stereocenters. The van der Waals surface area contributed by atoms with Gasteiger partial charge in [0.1, 0.15) is 5.69 Å². The molecule has 2 aromatic heterocycles. The average molecular weight is 417 g/mol. The molecule has 0 aliphatic carbocycles. The number of rotatable bonds is 3. The molecule has 0 saturated carbocycles. The van der Waals surface area contributed by atoms with Crippen LogP contribution < -0.4 is 5.32 Å². The number of fused-ring (bicyclic) bond motifs is 1. The molecule has 1 amide bonds. The second-order valence-electron chi connectivity index (χ2n) is 6.14. The molecule has 5 nitrogen and oxygen atoms in total. The van der Waals surface area contributed by atoms with Crippen molar-refractivity contribution in [3.63, 3.8) is 0 Å². The highest BCUT2D eigenvalue weighted by Crippen LogP contribution is 2.31. The van der Waals surface area contributed by atoms with E-state index in [9.17, 15) is 18.0 Å². The van der Waals surface area contributed by atoms with E-state index < -0.39 is 17.6 Å². The van der Waals surface area contributed by atoms with Crippen LogP contribution in [0.1, 0.15) is 16.1 Å². The number of amides is 1. The van der Waals surface area contributed by atoms with Crippen molar-refractivity contribution in [2.24, 2.45) is 0 Å². The highest BCUT2D eigenvalue weighted by Gasteiger charge is 2.30. The van der Waals surface area contributed by atoms with E-state index in [-0.39, 0.29) is 16.4 Å². The first-order valence-electron chi connectivity index (χ1n) is 8.41. The van der Waals surface area contributed by atoms with E-state index >= 15 is 0 Å². The Hall–Kier alpha value is -3.39. The molecular formula is C20H12ClF3N4O. The van der Waals surface area contributed by atoms with Crippen LogP contribution in [0.15, 0.2) is 67.0 Å². The van der Waals surface area contributed by atoms with Crippen molar-refractivity contribution < 1.29 is 18.0 Å². The molecule has 0 fully saturated rings. The Morgan fingerprint density at radius 1 is 1.00 bits per heavy atom. The van der Waals surface area contributed by atoms with Crippen molar-refractivity contribution in [3.05, 3.63) is 83.3 Å². The molecule has 0 atom stereocenters. The lowest BCUT2D eigenvalue weighted by molar-refractivity contribution is -0.137. The predicted octanol–water partition coefficient (Wildman–Crippen LogP) is 5.35. The Morgan fingerprint density at radius 3 is 2.34 bits per heavy atom. The molecule has 1 N–H and O–H groups in total. The Bertz CT molecular complexity index is 1190. The number of nitrogens with zero attached hydrogens (tertiary/aromatic N) is 3. The number of halogens is 4. The first kappa shape index (κ1) is 18.9. The Kier molecular flexibility index (Phi) is 4.71. The number of aromatic nitrogens is 3. The van der Waals surface area contributed by atoms with Gasteiger partial charge in [0, 0.05) is 11.1 Å². The second-order valence-corrected chi connectivity index (χ2v) is 6.52. The van der Waals surface area contributed by atoms with Crippen molar-refractivity contribution in [1.29, 1.82) is 0 Å². The number of carbonyl (C=O) groups excluding carboxylic acids is 1. The summed E-state index contributed by atoms with van der Waals surface area (Å²) in [6, 6.07) is 13.4. The first-order chi connectivity index (χ1) is 13.8. The maximum atomic E-state index is 12.7. The topological polar surface area (TPSA) is 59.8 Å². The summed E-state index contributed by atoms with van der Waals surface area (Å²) in [5, 5.41) is 7.43. The quantitative estimate of drug-likeness (QED) is 0.490. The highest BCUT2D eigenvalue weighted by molar-refractivity contribution is 6.38. The third-order valence-corrected chi connectivity index (χ3v) is 4.64. The van der Waals surface area contributed by atoms with Gasteiger partial charge in [0.15, 0.2) is 0 Å². The minimum absolute atomic E-state index is 0.0494. The van der Waals surface area contributed by atoms with E-state index in [0.29, 0.717) is 10.9 Å². The third-order valence-electron chi connectivity index (χ3n) is 4.25. The zero-order valence-electron chi connectivity index (χ0n) is 14.6. The average Bonchev–Trinajstić information content (AvgIpc) is 3.13. The number of alkyl halides is 3. The standard InChI is InChI=1S/C20H12ClF3N4O/c21-17-15-10-26-28(14-4-2-1-3-5-14)16(15)11-25-18(17)19(29)27-13-8-6-12(7-9-13)20(22,23)24/h1-11H,(H,27,29). The van der Waals surface area contributed by atoms with Gasteiger partial charge >= 0.3 is 6.18 Å². The van der Waals surface area contributed by atoms with Crippen LogP contribution in [0, 0.1) is 0 Å². The van der Waals surface area contributed by atoms with Gasteiger partial charge in [-0.05, 0) is 36.4 Å². The number of carbonyl (C=O) groups is 1. The third kappa shape index (κ3) is 3.66. The van der Waals surface area contributed by atoms with Gasteiger partial charge < -0.3 is 5.32 Å². The van der Waals surface area contributed by atoms with Crippen molar-refractivity contribution in [2.75, 3.05) is 5.32 Å². The summed E-state index contributed by atoms with van der Waals surface area (Å²) < 4.78 is 39.6. The zero-order chi connectivity index (χ0) is 20.6. The van der Waals surface area contributed by atoms with Crippen LogP contribution in [0.3, 0.4) is 0 Å². The summed E-state index contributed by atoms with van der Waals surface area (Å²) in [5.41, 5.74) is 0.767. The van der Waals surface area contributed by atoms with E-state index in [2.05, 4.69) is 15.4 Å². The van der Waals surface area contributed by atoms with Crippen molar-refractivity contribution in [2.45, 2.75) is 6.18 Å². The molecule has 4 rings (SSSR count). The van der Waals surface area contributed by atoms with E-state index in [1.807, 2.05) is 30.3 Å². The summed E-state index contributed by atoms with van der Waals surface area (Å²) in [6.45, 7) is 0. The summed E-state index contributed by atoms with van der Waals surface area (Å²) in [6.07, 6.45) is -1.44. The van der Waals surface area contributed by atoms with Crippen molar-refractivity contribution >= 4 is 34.1 Å². The van der Waals surface area contributed by atoms with Crippen molar-refractivity contribution in [1.82, 2.24) is 14.8 Å². The van der Waals surface area contributed by atoms with Gasteiger partial charge in [0.05, 0.1) is 34.2 Å². The summed E-state index contributed by atoms with van der Waals surface area (Å²) in [7, 11) is 0. The Labute approximate surface area is 167 Å². The number of benzene rings is 2. The molecule has 2 heterocycles. The van der Waals surface area contributed by atoms with Crippen LogP contribution in [0.25, 0.3) is 16.6 Å². The van der Waals surface area contributed by atoms with E-state index in [1.165, 1.54) is 24.5 Å². The minimum atomic E-state index is -4.45. The van der Waals surface area contributed by atoms with Gasteiger partial charge in [-0.25, -0.2) is 9.67 Å². The SMILES string of the molecule is O=C(Nc1ccc(C(F)(F)F)cc1)c1ncc2c(cnn2-c2ccccc2)c1Cl. The maximum Gasteiger partial charge on any atom is 0.416 e. The van der Waals surface area contributed by atoms with E-state index in [0.717, 1.165) is 17.8 Å². The van der Waals surface area contributed by atoms with Gasteiger partial charge in [-0.3, -0.25) is 4.79 Å². The molecule has 0 spiro atoms. The molecule has 0 radical (unpaired) electrons. The number of nitrogens with one attached hydrogen (secondary N) is 1. The second kappa shape index (κ2) is 7.21. The Balaban J connectivity index is 1.62. The molecule has 0 saturated heterocycles. The molecule has 0 bridgehead atoms. The van der Waals surface area contributed by atoms with Crippen LogP contribution in [0.4, 0.5) is 18.9 Å².